The lowest BCUT2D eigenvalue weighted by Gasteiger charge is -2.09. The summed E-state index contributed by atoms with van der Waals surface area (Å²) in [5, 5.41) is 3.23. The second-order valence-electron chi connectivity index (χ2n) is 7.28. The standard InChI is InChI=1S/C21H23N5.HI/c22-21(24-16-9-8-14-4-3-5-15(14)12-16)23-13-20-25-18-6-1-2-7-19(18)26(20)17-10-11-17;/h1-2,6-9,12,17H,3-5,10-11,13H2,(H3,22,23,24);1H. The summed E-state index contributed by atoms with van der Waals surface area (Å²) in [6.45, 7) is 0.495. The molecule has 0 saturated heterocycles. The number of para-hydroxylation sites is 2. The highest BCUT2D eigenvalue weighted by atomic mass is 127. The molecule has 2 aromatic carbocycles. The first-order valence-corrected chi connectivity index (χ1v) is 9.42. The van der Waals surface area contributed by atoms with Crippen molar-refractivity contribution in [1.82, 2.24) is 9.55 Å². The first-order chi connectivity index (χ1) is 12.8. The number of hydrogen-bond acceptors (Lipinski definition) is 2. The number of nitrogens with zero attached hydrogens (tertiary/aromatic N) is 3. The van der Waals surface area contributed by atoms with Crippen LogP contribution in [0.2, 0.25) is 0 Å². The first-order valence-electron chi connectivity index (χ1n) is 9.42. The molecule has 1 saturated carbocycles. The van der Waals surface area contributed by atoms with Crippen molar-refractivity contribution >= 4 is 46.7 Å². The fraction of sp³-hybridized carbons (Fsp3) is 0.333. The van der Waals surface area contributed by atoms with Gasteiger partial charge in [0.15, 0.2) is 5.96 Å². The van der Waals surface area contributed by atoms with E-state index in [0.717, 1.165) is 23.4 Å². The zero-order chi connectivity index (χ0) is 17.5. The second-order valence-corrected chi connectivity index (χ2v) is 7.28. The van der Waals surface area contributed by atoms with Crippen LogP contribution in [-0.2, 0) is 19.4 Å². The molecule has 1 fully saturated rings. The number of aryl methyl sites for hydroxylation is 2. The molecule has 5 rings (SSSR count). The number of rotatable bonds is 4. The van der Waals surface area contributed by atoms with E-state index in [9.17, 15) is 0 Å². The molecule has 1 aromatic heterocycles. The quantitative estimate of drug-likeness (QED) is 0.335. The maximum Gasteiger partial charge on any atom is 0.193 e. The van der Waals surface area contributed by atoms with Gasteiger partial charge in [-0.15, -0.1) is 24.0 Å². The smallest absolute Gasteiger partial charge is 0.193 e. The predicted molar refractivity (Wildman–Crippen MR) is 121 cm³/mol. The van der Waals surface area contributed by atoms with Crippen LogP contribution in [-0.4, -0.2) is 15.5 Å². The Bertz CT molecular complexity index is 1000. The van der Waals surface area contributed by atoms with E-state index in [1.807, 2.05) is 6.07 Å². The third-order valence-electron chi connectivity index (χ3n) is 5.34. The van der Waals surface area contributed by atoms with Gasteiger partial charge in [-0.1, -0.05) is 18.2 Å². The Morgan fingerprint density at radius 1 is 1.15 bits per heavy atom. The molecule has 2 aliphatic rings. The van der Waals surface area contributed by atoms with E-state index in [2.05, 4.69) is 51.3 Å². The molecule has 5 nitrogen and oxygen atoms in total. The van der Waals surface area contributed by atoms with Gasteiger partial charge in [0.25, 0.3) is 0 Å². The molecular formula is C21H24IN5. The average molecular weight is 473 g/mol. The Labute approximate surface area is 176 Å². The van der Waals surface area contributed by atoms with E-state index in [0.29, 0.717) is 18.5 Å². The maximum atomic E-state index is 6.14. The van der Waals surface area contributed by atoms with E-state index in [4.69, 9.17) is 10.7 Å². The van der Waals surface area contributed by atoms with Crippen LogP contribution >= 0.6 is 24.0 Å². The molecule has 0 unspecified atom stereocenters. The predicted octanol–water partition coefficient (Wildman–Crippen LogP) is 4.40. The van der Waals surface area contributed by atoms with Crippen LogP contribution in [0.25, 0.3) is 11.0 Å². The molecule has 3 N–H and O–H groups in total. The number of aromatic nitrogens is 2. The summed E-state index contributed by atoms with van der Waals surface area (Å²) in [5.74, 6) is 1.43. The van der Waals surface area contributed by atoms with E-state index in [1.54, 1.807) is 0 Å². The number of nitrogens with two attached hydrogens (primary N) is 1. The fourth-order valence-electron chi connectivity index (χ4n) is 3.94. The number of aliphatic imine (C=N–C) groups is 1. The van der Waals surface area contributed by atoms with Crippen molar-refractivity contribution in [2.75, 3.05) is 5.32 Å². The lowest BCUT2D eigenvalue weighted by atomic mass is 10.1. The Kier molecular flexibility index (Phi) is 5.08. The van der Waals surface area contributed by atoms with Crippen LogP contribution in [0.3, 0.4) is 0 Å². The minimum absolute atomic E-state index is 0. The minimum Gasteiger partial charge on any atom is -0.370 e. The van der Waals surface area contributed by atoms with Crippen molar-refractivity contribution in [2.24, 2.45) is 10.7 Å². The van der Waals surface area contributed by atoms with Gasteiger partial charge in [0, 0.05) is 11.7 Å². The highest BCUT2D eigenvalue weighted by Crippen LogP contribution is 2.38. The van der Waals surface area contributed by atoms with E-state index in [1.165, 1.54) is 42.3 Å². The van der Waals surface area contributed by atoms with Crippen LogP contribution in [0.15, 0.2) is 47.5 Å². The van der Waals surface area contributed by atoms with E-state index < -0.39 is 0 Å². The van der Waals surface area contributed by atoms with Crippen LogP contribution < -0.4 is 11.1 Å². The van der Waals surface area contributed by atoms with Crippen LogP contribution in [0.4, 0.5) is 5.69 Å². The number of anilines is 1. The van der Waals surface area contributed by atoms with Gasteiger partial charge < -0.3 is 15.6 Å². The van der Waals surface area contributed by atoms with Gasteiger partial charge in [-0.25, -0.2) is 9.98 Å². The molecule has 0 atom stereocenters. The van der Waals surface area contributed by atoms with Crippen LogP contribution in [0, 0.1) is 0 Å². The SMILES string of the molecule is I.NC(=NCc1nc2ccccc2n1C1CC1)Nc1ccc2c(c1)CCC2. The zero-order valence-corrected chi connectivity index (χ0v) is 17.5. The number of nitrogens with one attached hydrogen (secondary N) is 1. The van der Waals surface area contributed by atoms with Gasteiger partial charge in [-0.3, -0.25) is 0 Å². The van der Waals surface area contributed by atoms with E-state index >= 15 is 0 Å². The fourth-order valence-corrected chi connectivity index (χ4v) is 3.94. The Hall–Kier alpha value is -2.09. The summed E-state index contributed by atoms with van der Waals surface area (Å²) in [6.07, 6.45) is 6.05. The number of halogens is 1. The molecule has 3 aromatic rings. The molecule has 0 aliphatic heterocycles. The van der Waals surface area contributed by atoms with Crippen LogP contribution in [0.5, 0.6) is 0 Å². The van der Waals surface area contributed by atoms with Crippen molar-refractivity contribution in [3.05, 3.63) is 59.4 Å². The van der Waals surface area contributed by atoms with Gasteiger partial charge in [0.2, 0.25) is 0 Å². The molecular weight excluding hydrogens is 449 g/mol. The number of imidazole rings is 1. The molecule has 0 amide bonds. The maximum absolute atomic E-state index is 6.14. The molecule has 0 bridgehead atoms. The van der Waals surface area contributed by atoms with Gasteiger partial charge in [0.1, 0.15) is 12.4 Å². The highest BCUT2D eigenvalue weighted by molar-refractivity contribution is 14.0. The summed E-state index contributed by atoms with van der Waals surface area (Å²) in [4.78, 5) is 9.32. The summed E-state index contributed by atoms with van der Waals surface area (Å²) >= 11 is 0. The van der Waals surface area contributed by atoms with Gasteiger partial charge in [-0.05, 0) is 67.5 Å². The van der Waals surface area contributed by atoms with Gasteiger partial charge in [-0.2, -0.15) is 0 Å². The highest BCUT2D eigenvalue weighted by Gasteiger charge is 2.27. The minimum atomic E-state index is 0. The second kappa shape index (κ2) is 7.50. The summed E-state index contributed by atoms with van der Waals surface area (Å²) in [6, 6.07) is 15.4. The Morgan fingerprint density at radius 2 is 1.96 bits per heavy atom. The number of hydrogen-bond donors (Lipinski definition) is 2. The third kappa shape index (κ3) is 3.67. The van der Waals surface area contributed by atoms with Crippen molar-refractivity contribution in [3.8, 4) is 0 Å². The van der Waals surface area contributed by atoms with Crippen molar-refractivity contribution in [3.63, 3.8) is 0 Å². The van der Waals surface area contributed by atoms with Crippen molar-refractivity contribution in [2.45, 2.75) is 44.7 Å². The first kappa shape index (κ1) is 18.3. The number of benzene rings is 2. The molecule has 6 heteroatoms. The van der Waals surface area contributed by atoms with Gasteiger partial charge in [0.05, 0.1) is 11.0 Å². The molecule has 140 valence electrons. The molecule has 0 spiro atoms. The lowest BCUT2D eigenvalue weighted by molar-refractivity contribution is 0.702. The normalized spacial score (nSPS) is 16.2. The monoisotopic (exact) mass is 473 g/mol. The lowest BCUT2D eigenvalue weighted by Crippen LogP contribution is -2.23. The molecule has 2 aliphatic carbocycles. The molecule has 27 heavy (non-hydrogen) atoms. The molecule has 1 heterocycles. The van der Waals surface area contributed by atoms with Crippen LogP contribution in [0.1, 0.15) is 42.3 Å². The zero-order valence-electron chi connectivity index (χ0n) is 15.2. The molecule has 0 radical (unpaired) electrons. The van der Waals surface area contributed by atoms with Crippen molar-refractivity contribution in [1.29, 1.82) is 0 Å². The largest absolute Gasteiger partial charge is 0.370 e. The summed E-state index contributed by atoms with van der Waals surface area (Å²) < 4.78 is 2.33. The Balaban J connectivity index is 0.00000180. The summed E-state index contributed by atoms with van der Waals surface area (Å²) in [5.41, 5.74) is 12.3. The van der Waals surface area contributed by atoms with Gasteiger partial charge >= 0.3 is 0 Å². The summed E-state index contributed by atoms with van der Waals surface area (Å²) in [7, 11) is 0. The van der Waals surface area contributed by atoms with E-state index in [-0.39, 0.29) is 24.0 Å². The number of guanidine groups is 1. The topological polar surface area (TPSA) is 68.2 Å². The average Bonchev–Trinajstić information content (AvgIpc) is 3.25. The van der Waals surface area contributed by atoms with Crippen molar-refractivity contribution < 1.29 is 0 Å². The number of fused-ring (bicyclic) bond motifs is 2. The Morgan fingerprint density at radius 3 is 2.81 bits per heavy atom. The third-order valence-corrected chi connectivity index (χ3v) is 5.34.